The maximum absolute atomic E-state index is 11.1. The van der Waals surface area contributed by atoms with Gasteiger partial charge in [-0.25, -0.2) is 24.4 Å². The molecule has 0 spiro atoms. The number of aromatic amines is 2. The van der Waals surface area contributed by atoms with Gasteiger partial charge in [-0.05, 0) is 6.42 Å². The van der Waals surface area contributed by atoms with Gasteiger partial charge in [0.15, 0.2) is 0 Å². The first-order valence-electron chi connectivity index (χ1n) is 4.03. The summed E-state index contributed by atoms with van der Waals surface area (Å²) in [5.41, 5.74) is -0.876. The summed E-state index contributed by atoms with van der Waals surface area (Å²) >= 11 is 0. The van der Waals surface area contributed by atoms with E-state index in [1.54, 1.807) is 0 Å². The van der Waals surface area contributed by atoms with Crippen LogP contribution in [0.15, 0.2) is 9.59 Å². The molecule has 0 fully saturated rings. The van der Waals surface area contributed by atoms with Gasteiger partial charge in [0.25, 0.3) is 0 Å². The normalized spacial score (nSPS) is 12.3. The number of hydrogen-bond acceptors (Lipinski definition) is 2. The van der Waals surface area contributed by atoms with Crippen molar-refractivity contribution < 1.29 is 0 Å². The van der Waals surface area contributed by atoms with Crippen molar-refractivity contribution in [3.8, 4) is 12.3 Å². The van der Waals surface area contributed by atoms with Gasteiger partial charge in [-0.15, -0.1) is 12.3 Å². The molecule has 0 aliphatic heterocycles. The maximum Gasteiger partial charge on any atom is 0.344 e. The third-order valence-corrected chi connectivity index (χ3v) is 1.90. The Labute approximate surface area is 74.8 Å². The van der Waals surface area contributed by atoms with Crippen LogP contribution in [0.25, 0.3) is 0 Å². The molecule has 1 heterocycles. The standard InChI is InChI=1S/C8H11N3O2/c1-3-5-6(4-2)11-7(12)9-10-8(11)13/h1,6H,4-5H2,2H3,(H,9,12)(H,10,13). The van der Waals surface area contributed by atoms with Gasteiger partial charge in [0.2, 0.25) is 0 Å². The minimum Gasteiger partial charge on any atom is -0.247 e. The Morgan fingerprint density at radius 2 is 2.00 bits per heavy atom. The van der Waals surface area contributed by atoms with Crippen LogP contribution >= 0.6 is 0 Å². The first kappa shape index (κ1) is 9.39. The highest BCUT2D eigenvalue weighted by atomic mass is 16.2. The van der Waals surface area contributed by atoms with Crippen molar-refractivity contribution in [3.05, 3.63) is 21.0 Å². The highest BCUT2D eigenvalue weighted by Gasteiger charge is 2.12. The Hall–Kier alpha value is -1.70. The third-order valence-electron chi connectivity index (χ3n) is 1.90. The molecule has 70 valence electrons. The van der Waals surface area contributed by atoms with E-state index in [4.69, 9.17) is 6.42 Å². The number of aromatic nitrogens is 3. The molecule has 5 nitrogen and oxygen atoms in total. The number of rotatable bonds is 3. The smallest absolute Gasteiger partial charge is 0.247 e. The van der Waals surface area contributed by atoms with Gasteiger partial charge in [-0.1, -0.05) is 6.92 Å². The van der Waals surface area contributed by atoms with Crippen molar-refractivity contribution in [1.29, 1.82) is 0 Å². The molecule has 0 bridgehead atoms. The number of nitrogens with zero attached hydrogens (tertiary/aromatic N) is 1. The molecule has 0 saturated heterocycles. The fraction of sp³-hybridized carbons (Fsp3) is 0.500. The van der Waals surface area contributed by atoms with Crippen LogP contribution in [-0.2, 0) is 0 Å². The Morgan fingerprint density at radius 1 is 1.46 bits per heavy atom. The molecule has 0 aliphatic carbocycles. The average Bonchev–Trinajstić information content (AvgIpc) is 2.43. The monoisotopic (exact) mass is 181 g/mol. The second-order valence-corrected chi connectivity index (χ2v) is 2.70. The summed E-state index contributed by atoms with van der Waals surface area (Å²) in [4.78, 5) is 22.2. The van der Waals surface area contributed by atoms with Crippen LogP contribution in [0.5, 0.6) is 0 Å². The van der Waals surface area contributed by atoms with Crippen LogP contribution < -0.4 is 11.4 Å². The minimum atomic E-state index is -0.438. The first-order valence-corrected chi connectivity index (χ1v) is 4.03. The molecule has 13 heavy (non-hydrogen) atoms. The first-order chi connectivity index (χ1) is 6.20. The van der Waals surface area contributed by atoms with Crippen molar-refractivity contribution in [1.82, 2.24) is 14.8 Å². The van der Waals surface area contributed by atoms with Crippen molar-refractivity contribution in [2.45, 2.75) is 25.8 Å². The van der Waals surface area contributed by atoms with Gasteiger partial charge < -0.3 is 0 Å². The summed E-state index contributed by atoms with van der Waals surface area (Å²) in [6, 6.07) is -0.215. The fourth-order valence-electron chi connectivity index (χ4n) is 1.21. The molecule has 0 saturated carbocycles. The lowest BCUT2D eigenvalue weighted by Crippen LogP contribution is -2.30. The molecule has 0 aromatic carbocycles. The summed E-state index contributed by atoms with van der Waals surface area (Å²) in [5.74, 6) is 2.44. The van der Waals surface area contributed by atoms with E-state index >= 15 is 0 Å². The van der Waals surface area contributed by atoms with Crippen LogP contribution in [0.4, 0.5) is 0 Å². The topological polar surface area (TPSA) is 70.7 Å². The lowest BCUT2D eigenvalue weighted by atomic mass is 10.1. The van der Waals surface area contributed by atoms with E-state index in [9.17, 15) is 9.59 Å². The number of hydrogen-bond donors (Lipinski definition) is 2. The number of nitrogens with one attached hydrogen (secondary N) is 2. The van der Waals surface area contributed by atoms with E-state index in [1.165, 1.54) is 0 Å². The van der Waals surface area contributed by atoms with Gasteiger partial charge in [0.05, 0.1) is 6.04 Å². The lowest BCUT2D eigenvalue weighted by molar-refractivity contribution is 0.472. The van der Waals surface area contributed by atoms with E-state index < -0.39 is 11.4 Å². The largest absolute Gasteiger partial charge is 0.344 e. The SMILES string of the molecule is C#CCC(CC)n1c(=O)[nH][nH]c1=O. The van der Waals surface area contributed by atoms with Crippen LogP contribution in [0.2, 0.25) is 0 Å². The van der Waals surface area contributed by atoms with Crippen LogP contribution in [-0.4, -0.2) is 14.8 Å². The molecular weight excluding hydrogens is 170 g/mol. The number of H-pyrrole nitrogens is 2. The van der Waals surface area contributed by atoms with Crippen molar-refractivity contribution in [2.75, 3.05) is 0 Å². The van der Waals surface area contributed by atoms with Gasteiger partial charge in [-0.3, -0.25) is 0 Å². The predicted molar refractivity (Wildman–Crippen MR) is 48.5 cm³/mol. The van der Waals surface area contributed by atoms with E-state index in [0.717, 1.165) is 4.57 Å². The number of terminal acetylenes is 1. The Bertz CT molecular complexity index is 390. The van der Waals surface area contributed by atoms with Crippen molar-refractivity contribution >= 4 is 0 Å². The summed E-state index contributed by atoms with van der Waals surface area (Å²) in [5, 5.41) is 4.42. The summed E-state index contributed by atoms with van der Waals surface area (Å²) in [6.07, 6.45) is 6.17. The lowest BCUT2D eigenvalue weighted by Gasteiger charge is -2.09. The van der Waals surface area contributed by atoms with E-state index in [-0.39, 0.29) is 6.04 Å². The fourth-order valence-corrected chi connectivity index (χ4v) is 1.21. The van der Waals surface area contributed by atoms with Gasteiger partial charge in [0, 0.05) is 6.42 Å². The zero-order valence-electron chi connectivity index (χ0n) is 7.33. The highest BCUT2D eigenvalue weighted by molar-refractivity contribution is 4.89. The molecule has 5 heteroatoms. The molecule has 1 rings (SSSR count). The second-order valence-electron chi connectivity index (χ2n) is 2.70. The molecule has 0 radical (unpaired) electrons. The molecule has 1 aromatic rings. The van der Waals surface area contributed by atoms with Crippen LogP contribution in [0, 0.1) is 12.3 Å². The third kappa shape index (κ3) is 1.72. The summed E-state index contributed by atoms with van der Waals surface area (Å²) < 4.78 is 1.11. The summed E-state index contributed by atoms with van der Waals surface area (Å²) in [7, 11) is 0. The van der Waals surface area contributed by atoms with Crippen molar-refractivity contribution in [2.24, 2.45) is 0 Å². The highest BCUT2D eigenvalue weighted by Crippen LogP contribution is 2.09. The molecule has 0 amide bonds. The average molecular weight is 181 g/mol. The minimum absolute atomic E-state index is 0.215. The quantitative estimate of drug-likeness (QED) is 0.636. The van der Waals surface area contributed by atoms with Crippen LogP contribution in [0.3, 0.4) is 0 Å². The Balaban J connectivity index is 3.12. The van der Waals surface area contributed by atoms with Gasteiger partial charge >= 0.3 is 11.4 Å². The Kier molecular flexibility index (Phi) is 2.75. The summed E-state index contributed by atoms with van der Waals surface area (Å²) in [6.45, 7) is 1.88. The van der Waals surface area contributed by atoms with Crippen molar-refractivity contribution in [3.63, 3.8) is 0 Å². The second kappa shape index (κ2) is 3.81. The molecule has 1 aromatic heterocycles. The van der Waals surface area contributed by atoms with Gasteiger partial charge in [-0.2, -0.15) is 0 Å². The zero-order chi connectivity index (χ0) is 9.84. The van der Waals surface area contributed by atoms with E-state index in [2.05, 4.69) is 16.1 Å². The maximum atomic E-state index is 11.1. The molecular formula is C8H11N3O2. The van der Waals surface area contributed by atoms with Crippen LogP contribution in [0.1, 0.15) is 25.8 Å². The molecule has 1 unspecified atom stereocenters. The molecule has 2 N–H and O–H groups in total. The Morgan fingerprint density at radius 3 is 2.38 bits per heavy atom. The molecule has 1 atom stereocenters. The molecule has 0 aliphatic rings. The van der Waals surface area contributed by atoms with E-state index in [0.29, 0.717) is 12.8 Å². The van der Waals surface area contributed by atoms with Gasteiger partial charge in [0.1, 0.15) is 0 Å². The predicted octanol–water partition coefficient (Wildman–Crippen LogP) is -0.161. The van der Waals surface area contributed by atoms with E-state index in [1.807, 2.05) is 6.92 Å². The zero-order valence-corrected chi connectivity index (χ0v) is 7.33.